The molecule has 1 N–H and O–H groups in total. The minimum absolute atomic E-state index is 0.0236. The Morgan fingerprint density at radius 3 is 2.74 bits per heavy atom. The second-order valence-electron chi connectivity index (χ2n) is 4.83. The maximum atomic E-state index is 11.9. The van der Waals surface area contributed by atoms with Crippen LogP contribution in [0.2, 0.25) is 5.02 Å². The molecule has 2 heterocycles. The van der Waals surface area contributed by atoms with Gasteiger partial charge in [0, 0.05) is 30.0 Å². The number of aromatic nitrogens is 2. The largest absolute Gasteiger partial charge is 0.311 e. The third-order valence-electron chi connectivity index (χ3n) is 3.54. The second-order valence-corrected chi connectivity index (χ2v) is 5.26. The van der Waals surface area contributed by atoms with Gasteiger partial charge in [0.2, 0.25) is 5.91 Å². The summed E-state index contributed by atoms with van der Waals surface area (Å²) in [5, 5.41) is 7.99. The van der Waals surface area contributed by atoms with Crippen LogP contribution in [0.5, 0.6) is 0 Å². The molecule has 0 fully saturated rings. The predicted molar refractivity (Wildman–Crippen MR) is 74.5 cm³/mol. The van der Waals surface area contributed by atoms with Crippen LogP contribution in [0.25, 0.3) is 0 Å². The Morgan fingerprint density at radius 1 is 1.37 bits per heavy atom. The summed E-state index contributed by atoms with van der Waals surface area (Å²) >= 11 is 5.92. The molecule has 1 atom stereocenters. The van der Waals surface area contributed by atoms with E-state index in [4.69, 9.17) is 11.6 Å². The van der Waals surface area contributed by atoms with Crippen LogP contribution in [0.1, 0.15) is 29.2 Å². The summed E-state index contributed by atoms with van der Waals surface area (Å²) in [5.74, 6) is 0.874. The van der Waals surface area contributed by atoms with E-state index in [1.54, 1.807) is 4.68 Å². The smallest absolute Gasteiger partial charge is 0.226 e. The number of aryl methyl sites for hydroxylation is 2. The van der Waals surface area contributed by atoms with Gasteiger partial charge in [0.1, 0.15) is 5.82 Å². The van der Waals surface area contributed by atoms with Gasteiger partial charge >= 0.3 is 0 Å². The maximum Gasteiger partial charge on any atom is 0.226 e. The molecular formula is C14H14ClN3O. The SMILES string of the molecule is Cc1nn(C)c2c1[C@H](c1ccc(Cl)cc1)CC(=O)N2. The van der Waals surface area contributed by atoms with Crippen molar-refractivity contribution in [2.45, 2.75) is 19.3 Å². The van der Waals surface area contributed by atoms with Crippen molar-refractivity contribution < 1.29 is 4.79 Å². The number of hydrogen-bond donors (Lipinski definition) is 1. The fourth-order valence-electron chi connectivity index (χ4n) is 2.69. The van der Waals surface area contributed by atoms with Gasteiger partial charge in [0.15, 0.2) is 0 Å². The lowest BCUT2D eigenvalue weighted by molar-refractivity contribution is -0.116. The Labute approximate surface area is 116 Å². The third kappa shape index (κ3) is 2.02. The lowest BCUT2D eigenvalue weighted by Crippen LogP contribution is -2.24. The molecule has 98 valence electrons. The number of benzene rings is 1. The van der Waals surface area contributed by atoms with Gasteiger partial charge in [0.05, 0.1) is 5.69 Å². The predicted octanol–water partition coefficient (Wildman–Crippen LogP) is 2.86. The minimum atomic E-state index is 0.0236. The summed E-state index contributed by atoms with van der Waals surface area (Å²) in [5.41, 5.74) is 3.15. The highest BCUT2D eigenvalue weighted by Gasteiger charge is 2.31. The number of carbonyl (C=O) groups is 1. The van der Waals surface area contributed by atoms with Crippen molar-refractivity contribution in [1.82, 2.24) is 9.78 Å². The molecule has 0 unspecified atom stereocenters. The van der Waals surface area contributed by atoms with Gasteiger partial charge in [-0.3, -0.25) is 9.48 Å². The molecule has 19 heavy (non-hydrogen) atoms. The topological polar surface area (TPSA) is 46.9 Å². The molecule has 0 saturated carbocycles. The number of amides is 1. The van der Waals surface area contributed by atoms with Crippen molar-refractivity contribution in [3.63, 3.8) is 0 Å². The van der Waals surface area contributed by atoms with Crippen LogP contribution in [-0.2, 0) is 11.8 Å². The first-order valence-electron chi connectivity index (χ1n) is 6.15. The fourth-order valence-corrected chi connectivity index (χ4v) is 2.82. The molecule has 5 heteroatoms. The van der Waals surface area contributed by atoms with Gasteiger partial charge in [-0.2, -0.15) is 5.10 Å². The van der Waals surface area contributed by atoms with E-state index in [1.165, 1.54) is 0 Å². The summed E-state index contributed by atoms with van der Waals surface area (Å²) in [7, 11) is 1.84. The molecular weight excluding hydrogens is 262 g/mol. The van der Waals surface area contributed by atoms with Gasteiger partial charge < -0.3 is 5.32 Å². The standard InChI is InChI=1S/C14H14ClN3O/c1-8-13-11(9-3-5-10(15)6-4-9)7-12(19)16-14(13)18(2)17-8/h3-6,11H,7H2,1-2H3,(H,16,19)/t11-/m0/s1. The average Bonchev–Trinajstić information content (AvgIpc) is 2.65. The van der Waals surface area contributed by atoms with Crippen molar-refractivity contribution in [2.75, 3.05) is 5.32 Å². The van der Waals surface area contributed by atoms with Crippen LogP contribution in [0, 0.1) is 6.92 Å². The first kappa shape index (κ1) is 12.2. The molecule has 0 spiro atoms. The quantitative estimate of drug-likeness (QED) is 0.870. The molecule has 2 aromatic rings. The zero-order valence-corrected chi connectivity index (χ0v) is 11.5. The molecule has 1 aromatic carbocycles. The van der Waals surface area contributed by atoms with Gasteiger partial charge in [0.25, 0.3) is 0 Å². The number of nitrogens with one attached hydrogen (secondary N) is 1. The third-order valence-corrected chi connectivity index (χ3v) is 3.79. The summed E-state index contributed by atoms with van der Waals surface area (Å²) in [6, 6.07) is 7.66. The molecule has 0 saturated heterocycles. The Hall–Kier alpha value is -1.81. The Kier molecular flexibility index (Phi) is 2.82. The normalized spacial score (nSPS) is 18.1. The van der Waals surface area contributed by atoms with Gasteiger partial charge in [-0.15, -0.1) is 0 Å². The second kappa shape index (κ2) is 4.38. The Bertz CT molecular complexity index is 645. The van der Waals surface area contributed by atoms with E-state index in [0.717, 1.165) is 22.6 Å². The number of hydrogen-bond acceptors (Lipinski definition) is 2. The number of halogens is 1. The molecule has 4 nitrogen and oxygen atoms in total. The summed E-state index contributed by atoms with van der Waals surface area (Å²) in [6.07, 6.45) is 0.446. The zero-order chi connectivity index (χ0) is 13.6. The van der Waals surface area contributed by atoms with E-state index in [2.05, 4.69) is 10.4 Å². The molecule has 0 aliphatic carbocycles. The number of nitrogens with zero attached hydrogens (tertiary/aromatic N) is 2. The molecule has 0 bridgehead atoms. The van der Waals surface area contributed by atoms with Crippen LogP contribution in [0.4, 0.5) is 5.82 Å². The minimum Gasteiger partial charge on any atom is -0.311 e. The van der Waals surface area contributed by atoms with Crippen molar-refractivity contribution >= 4 is 23.3 Å². The van der Waals surface area contributed by atoms with Crippen LogP contribution >= 0.6 is 11.6 Å². The van der Waals surface area contributed by atoms with E-state index in [0.29, 0.717) is 11.4 Å². The number of carbonyl (C=O) groups excluding carboxylic acids is 1. The van der Waals surface area contributed by atoms with Gasteiger partial charge in [-0.05, 0) is 24.6 Å². The maximum absolute atomic E-state index is 11.9. The van der Waals surface area contributed by atoms with E-state index >= 15 is 0 Å². The van der Waals surface area contributed by atoms with E-state index in [9.17, 15) is 4.79 Å². The van der Waals surface area contributed by atoms with Gasteiger partial charge in [-0.25, -0.2) is 0 Å². The molecule has 1 aliphatic rings. The van der Waals surface area contributed by atoms with E-state index in [-0.39, 0.29) is 11.8 Å². The number of rotatable bonds is 1. The van der Waals surface area contributed by atoms with Crippen LogP contribution < -0.4 is 5.32 Å². The van der Waals surface area contributed by atoms with Crippen LogP contribution in [-0.4, -0.2) is 15.7 Å². The highest BCUT2D eigenvalue weighted by molar-refractivity contribution is 6.30. The van der Waals surface area contributed by atoms with Crippen molar-refractivity contribution in [3.8, 4) is 0 Å². The molecule has 1 aromatic heterocycles. The molecule has 1 aliphatic heterocycles. The lowest BCUT2D eigenvalue weighted by Gasteiger charge is -2.24. The van der Waals surface area contributed by atoms with Crippen molar-refractivity contribution in [3.05, 3.63) is 46.1 Å². The highest BCUT2D eigenvalue weighted by Crippen LogP contribution is 2.38. The van der Waals surface area contributed by atoms with Crippen molar-refractivity contribution in [2.24, 2.45) is 7.05 Å². The highest BCUT2D eigenvalue weighted by atomic mass is 35.5. The summed E-state index contributed by atoms with van der Waals surface area (Å²) in [6.45, 7) is 1.97. The van der Waals surface area contributed by atoms with Crippen LogP contribution in [0.15, 0.2) is 24.3 Å². The molecule has 0 radical (unpaired) electrons. The molecule has 3 rings (SSSR count). The fraction of sp³-hybridized carbons (Fsp3) is 0.286. The number of fused-ring (bicyclic) bond motifs is 1. The molecule has 1 amide bonds. The lowest BCUT2D eigenvalue weighted by atomic mass is 9.86. The Morgan fingerprint density at radius 2 is 2.05 bits per heavy atom. The van der Waals surface area contributed by atoms with E-state index in [1.807, 2.05) is 38.2 Å². The Balaban J connectivity index is 2.13. The van der Waals surface area contributed by atoms with Crippen LogP contribution in [0.3, 0.4) is 0 Å². The average molecular weight is 276 g/mol. The summed E-state index contributed by atoms with van der Waals surface area (Å²) < 4.78 is 1.73. The van der Waals surface area contributed by atoms with Crippen molar-refractivity contribution in [1.29, 1.82) is 0 Å². The first-order chi connectivity index (χ1) is 9.06. The first-order valence-corrected chi connectivity index (χ1v) is 6.53. The summed E-state index contributed by atoms with van der Waals surface area (Å²) in [4.78, 5) is 11.9. The zero-order valence-electron chi connectivity index (χ0n) is 10.8. The monoisotopic (exact) mass is 275 g/mol. The van der Waals surface area contributed by atoms with E-state index < -0.39 is 0 Å². The number of anilines is 1. The van der Waals surface area contributed by atoms with Gasteiger partial charge in [-0.1, -0.05) is 23.7 Å².